The van der Waals surface area contributed by atoms with Gasteiger partial charge < -0.3 is 19.9 Å². The Morgan fingerprint density at radius 3 is 2.67 bits per heavy atom. The van der Waals surface area contributed by atoms with Crippen LogP contribution in [0.1, 0.15) is 6.92 Å². The normalized spacial score (nSPS) is 20.9. The summed E-state index contributed by atoms with van der Waals surface area (Å²) in [7, 11) is 5.47. The van der Waals surface area contributed by atoms with Crippen molar-refractivity contribution in [2.24, 2.45) is 0 Å². The van der Waals surface area contributed by atoms with Gasteiger partial charge in [-0.15, -0.1) is 0 Å². The van der Waals surface area contributed by atoms with Gasteiger partial charge in [-0.05, 0) is 14.0 Å². The minimum atomic E-state index is 0.343. The van der Waals surface area contributed by atoms with Gasteiger partial charge in [0.1, 0.15) is 0 Å². The number of methoxy groups -OCH3 is 1. The van der Waals surface area contributed by atoms with E-state index in [-0.39, 0.29) is 0 Å². The first kappa shape index (κ1) is 12.8. The molecule has 0 amide bonds. The molecular formula is C11H20N6O. The summed E-state index contributed by atoms with van der Waals surface area (Å²) < 4.78 is 5.11. The van der Waals surface area contributed by atoms with Crippen LogP contribution in [0.25, 0.3) is 0 Å². The fraction of sp³-hybridized carbons (Fsp3) is 0.727. The van der Waals surface area contributed by atoms with Crippen molar-refractivity contribution in [2.45, 2.75) is 13.0 Å². The summed E-state index contributed by atoms with van der Waals surface area (Å²) in [6.45, 7) is 5.09. The molecule has 1 N–H and O–H groups in total. The van der Waals surface area contributed by atoms with E-state index < -0.39 is 0 Å². The van der Waals surface area contributed by atoms with E-state index >= 15 is 0 Å². The number of nitrogens with one attached hydrogen (secondary N) is 1. The molecular weight excluding hydrogens is 232 g/mol. The minimum absolute atomic E-state index is 0.343. The predicted octanol–water partition coefficient (Wildman–Crippen LogP) is 0.0622. The van der Waals surface area contributed by atoms with Gasteiger partial charge in [0.2, 0.25) is 11.9 Å². The maximum absolute atomic E-state index is 5.11. The summed E-state index contributed by atoms with van der Waals surface area (Å²) >= 11 is 0. The van der Waals surface area contributed by atoms with Gasteiger partial charge in [-0.1, -0.05) is 0 Å². The second-order valence-corrected chi connectivity index (χ2v) is 4.50. The lowest BCUT2D eigenvalue weighted by atomic mass is 10.2. The highest BCUT2D eigenvalue weighted by Crippen LogP contribution is 2.19. The summed E-state index contributed by atoms with van der Waals surface area (Å²) in [6, 6.07) is 0.719. The Hall–Kier alpha value is -1.63. The Morgan fingerprint density at radius 1 is 1.28 bits per heavy atom. The first-order chi connectivity index (χ1) is 8.63. The number of likely N-dealkylation sites (N-methyl/N-ethyl adjacent to an activating group) is 1. The van der Waals surface area contributed by atoms with E-state index in [1.807, 2.05) is 0 Å². The maximum Gasteiger partial charge on any atom is 0.322 e. The molecule has 1 unspecified atom stereocenters. The van der Waals surface area contributed by atoms with Crippen molar-refractivity contribution >= 4 is 11.9 Å². The zero-order valence-electron chi connectivity index (χ0n) is 11.3. The van der Waals surface area contributed by atoms with Crippen LogP contribution >= 0.6 is 0 Å². The van der Waals surface area contributed by atoms with Crippen LogP contribution < -0.4 is 15.0 Å². The van der Waals surface area contributed by atoms with E-state index in [4.69, 9.17) is 4.74 Å². The molecule has 1 saturated heterocycles. The van der Waals surface area contributed by atoms with Gasteiger partial charge in [-0.25, -0.2) is 0 Å². The average molecular weight is 252 g/mol. The predicted molar refractivity (Wildman–Crippen MR) is 70.2 cm³/mol. The van der Waals surface area contributed by atoms with Crippen molar-refractivity contribution in [1.29, 1.82) is 0 Å². The number of hydrogen-bond acceptors (Lipinski definition) is 7. The Bertz CT molecular complexity index is 390. The summed E-state index contributed by atoms with van der Waals surface area (Å²) in [5, 5.41) is 2.93. The Morgan fingerprint density at radius 2 is 2.06 bits per heavy atom. The van der Waals surface area contributed by atoms with Crippen molar-refractivity contribution < 1.29 is 4.74 Å². The molecule has 0 saturated carbocycles. The molecule has 1 atom stereocenters. The van der Waals surface area contributed by atoms with E-state index in [0.717, 1.165) is 19.6 Å². The lowest BCUT2D eigenvalue weighted by Crippen LogP contribution is -2.51. The molecule has 100 valence electrons. The highest BCUT2D eigenvalue weighted by atomic mass is 16.5. The first-order valence-corrected chi connectivity index (χ1v) is 6.07. The molecule has 1 aliphatic heterocycles. The third kappa shape index (κ3) is 2.61. The molecule has 7 nitrogen and oxygen atoms in total. The number of nitrogens with zero attached hydrogens (tertiary/aromatic N) is 5. The standard InChI is InChI=1S/C11H20N6O/c1-8-7-16(3)5-6-17(8)10-13-9(12-2)14-11(15-10)18-4/h8H,5-7H2,1-4H3,(H,12,13,14,15). The van der Waals surface area contributed by atoms with E-state index in [1.54, 1.807) is 14.2 Å². The zero-order chi connectivity index (χ0) is 13.1. The van der Waals surface area contributed by atoms with Crippen molar-refractivity contribution in [3.63, 3.8) is 0 Å². The molecule has 0 aromatic carbocycles. The molecule has 1 aromatic rings. The van der Waals surface area contributed by atoms with Crippen LogP contribution in [0, 0.1) is 0 Å². The monoisotopic (exact) mass is 252 g/mol. The van der Waals surface area contributed by atoms with Gasteiger partial charge in [-0.2, -0.15) is 15.0 Å². The molecule has 0 radical (unpaired) electrons. The number of rotatable bonds is 3. The highest BCUT2D eigenvalue weighted by Gasteiger charge is 2.24. The lowest BCUT2D eigenvalue weighted by molar-refractivity contribution is 0.273. The van der Waals surface area contributed by atoms with Crippen molar-refractivity contribution in [3.05, 3.63) is 0 Å². The molecule has 1 aromatic heterocycles. The smallest absolute Gasteiger partial charge is 0.322 e. The zero-order valence-corrected chi connectivity index (χ0v) is 11.3. The number of aromatic nitrogens is 3. The maximum atomic E-state index is 5.11. The summed E-state index contributed by atoms with van der Waals surface area (Å²) in [6.07, 6.45) is 0. The number of piperazine rings is 1. The van der Waals surface area contributed by atoms with Crippen molar-refractivity contribution in [2.75, 3.05) is 51.1 Å². The van der Waals surface area contributed by atoms with E-state index in [1.165, 1.54) is 0 Å². The first-order valence-electron chi connectivity index (χ1n) is 6.07. The fourth-order valence-electron chi connectivity index (χ4n) is 2.11. The average Bonchev–Trinajstić information content (AvgIpc) is 2.38. The largest absolute Gasteiger partial charge is 0.467 e. The van der Waals surface area contributed by atoms with Gasteiger partial charge in [0.05, 0.1) is 7.11 Å². The molecule has 1 aliphatic rings. The van der Waals surface area contributed by atoms with Gasteiger partial charge in [-0.3, -0.25) is 0 Å². The molecule has 0 aliphatic carbocycles. The number of hydrogen-bond donors (Lipinski definition) is 1. The number of ether oxygens (including phenoxy) is 1. The Kier molecular flexibility index (Phi) is 3.81. The van der Waals surface area contributed by atoms with Crippen LogP contribution in [0.2, 0.25) is 0 Å². The molecule has 0 spiro atoms. The quantitative estimate of drug-likeness (QED) is 0.816. The van der Waals surface area contributed by atoms with Crippen LogP contribution in [0.4, 0.5) is 11.9 Å². The SMILES string of the molecule is CNc1nc(OC)nc(N2CCN(C)CC2C)n1. The topological polar surface area (TPSA) is 66.4 Å². The van der Waals surface area contributed by atoms with Crippen molar-refractivity contribution in [3.8, 4) is 6.01 Å². The second kappa shape index (κ2) is 5.34. The Labute approximate surface area is 107 Å². The van der Waals surface area contributed by atoms with Crippen LogP contribution in [0.5, 0.6) is 6.01 Å². The third-order valence-corrected chi connectivity index (χ3v) is 3.10. The van der Waals surface area contributed by atoms with E-state index in [9.17, 15) is 0 Å². The minimum Gasteiger partial charge on any atom is -0.467 e. The molecule has 0 bridgehead atoms. The van der Waals surface area contributed by atoms with Gasteiger partial charge in [0, 0.05) is 32.7 Å². The lowest BCUT2D eigenvalue weighted by Gasteiger charge is -2.38. The van der Waals surface area contributed by atoms with E-state index in [0.29, 0.717) is 23.9 Å². The van der Waals surface area contributed by atoms with E-state index in [2.05, 4.69) is 44.0 Å². The van der Waals surface area contributed by atoms with Crippen LogP contribution in [0.15, 0.2) is 0 Å². The summed E-state index contributed by atoms with van der Waals surface area (Å²) in [4.78, 5) is 17.3. The Balaban J connectivity index is 2.26. The van der Waals surface area contributed by atoms with Gasteiger partial charge in [0.25, 0.3) is 0 Å². The van der Waals surface area contributed by atoms with Gasteiger partial charge in [0.15, 0.2) is 0 Å². The van der Waals surface area contributed by atoms with Crippen LogP contribution in [-0.4, -0.2) is 66.7 Å². The fourth-order valence-corrected chi connectivity index (χ4v) is 2.11. The summed E-state index contributed by atoms with van der Waals surface area (Å²) in [5.41, 5.74) is 0. The van der Waals surface area contributed by atoms with Gasteiger partial charge >= 0.3 is 6.01 Å². The molecule has 2 rings (SSSR count). The second-order valence-electron chi connectivity index (χ2n) is 4.50. The highest BCUT2D eigenvalue weighted by molar-refractivity contribution is 5.39. The number of anilines is 2. The molecule has 18 heavy (non-hydrogen) atoms. The summed E-state index contributed by atoms with van der Waals surface area (Å²) in [5.74, 6) is 1.20. The molecule has 1 fully saturated rings. The van der Waals surface area contributed by atoms with Crippen LogP contribution in [0.3, 0.4) is 0 Å². The molecule has 7 heteroatoms. The third-order valence-electron chi connectivity index (χ3n) is 3.10. The van der Waals surface area contributed by atoms with Crippen LogP contribution in [-0.2, 0) is 0 Å². The van der Waals surface area contributed by atoms with Crippen molar-refractivity contribution in [1.82, 2.24) is 19.9 Å². The molecule has 2 heterocycles.